The summed E-state index contributed by atoms with van der Waals surface area (Å²) >= 11 is 1.50. The number of carbonyl (C=O) groups excluding carboxylic acids is 1. The Balaban J connectivity index is 1.59. The van der Waals surface area contributed by atoms with E-state index in [9.17, 15) is 4.79 Å². The van der Waals surface area contributed by atoms with Crippen molar-refractivity contribution < 1.29 is 4.79 Å². The monoisotopic (exact) mass is 309 g/mol. The van der Waals surface area contributed by atoms with Gasteiger partial charge in [0.25, 0.3) is 0 Å². The molecule has 2 heterocycles. The first-order valence-corrected chi connectivity index (χ1v) is 7.97. The Hall–Kier alpha value is -2.27. The van der Waals surface area contributed by atoms with Gasteiger partial charge < -0.3 is 10.6 Å². The smallest absolute Gasteiger partial charge is 0.247 e. The molecule has 1 spiro atoms. The summed E-state index contributed by atoms with van der Waals surface area (Å²) in [6, 6.07) is 16.0. The van der Waals surface area contributed by atoms with Crippen LogP contribution in [0.2, 0.25) is 0 Å². The summed E-state index contributed by atoms with van der Waals surface area (Å²) in [4.78, 5) is 17.0. The first-order chi connectivity index (χ1) is 10.7. The van der Waals surface area contributed by atoms with Gasteiger partial charge in [-0.05, 0) is 25.1 Å². The highest BCUT2D eigenvalue weighted by molar-refractivity contribution is 8.15. The Morgan fingerprint density at radius 1 is 1.18 bits per heavy atom. The topological polar surface area (TPSA) is 53.5 Å². The summed E-state index contributed by atoms with van der Waals surface area (Å²) in [5, 5.41) is 7.05. The van der Waals surface area contributed by atoms with Crippen LogP contribution in [0.4, 0.5) is 11.4 Å². The van der Waals surface area contributed by atoms with E-state index in [1.54, 1.807) is 0 Å². The minimum absolute atomic E-state index is 0.0168. The molecule has 22 heavy (non-hydrogen) atoms. The third kappa shape index (κ3) is 2.01. The average molecular weight is 309 g/mol. The predicted molar refractivity (Wildman–Crippen MR) is 91.4 cm³/mol. The number of amides is 1. The maximum atomic E-state index is 12.5. The SMILES string of the molecule is Cc1ccc(NC2=NC[C@]3(S2)C(=O)Nc2ccccc23)cc1. The summed E-state index contributed by atoms with van der Waals surface area (Å²) in [5.41, 5.74) is 4.12. The van der Waals surface area contributed by atoms with E-state index in [-0.39, 0.29) is 5.91 Å². The van der Waals surface area contributed by atoms with Crippen molar-refractivity contribution in [3.63, 3.8) is 0 Å². The zero-order valence-electron chi connectivity index (χ0n) is 12.1. The van der Waals surface area contributed by atoms with Crippen molar-refractivity contribution in [3.8, 4) is 0 Å². The van der Waals surface area contributed by atoms with Gasteiger partial charge in [0.2, 0.25) is 5.91 Å². The highest BCUT2D eigenvalue weighted by Gasteiger charge is 2.51. The average Bonchev–Trinajstić information content (AvgIpc) is 3.06. The van der Waals surface area contributed by atoms with Crippen molar-refractivity contribution in [1.82, 2.24) is 0 Å². The summed E-state index contributed by atoms with van der Waals surface area (Å²) in [5.74, 6) is 0.0168. The fourth-order valence-electron chi connectivity index (χ4n) is 2.79. The van der Waals surface area contributed by atoms with Gasteiger partial charge in [0.1, 0.15) is 4.75 Å². The summed E-state index contributed by atoms with van der Waals surface area (Å²) in [6.07, 6.45) is 0. The second-order valence-electron chi connectivity index (χ2n) is 5.54. The van der Waals surface area contributed by atoms with Crippen LogP contribution in [-0.4, -0.2) is 17.6 Å². The van der Waals surface area contributed by atoms with Gasteiger partial charge in [0.05, 0.1) is 6.54 Å². The number of fused-ring (bicyclic) bond motifs is 2. The minimum Gasteiger partial charge on any atom is -0.335 e. The molecule has 2 aromatic rings. The Morgan fingerprint density at radius 2 is 1.95 bits per heavy atom. The van der Waals surface area contributed by atoms with E-state index < -0.39 is 4.75 Å². The molecule has 0 fully saturated rings. The first-order valence-electron chi connectivity index (χ1n) is 7.15. The summed E-state index contributed by atoms with van der Waals surface area (Å²) < 4.78 is -0.621. The number of nitrogens with zero attached hydrogens (tertiary/aromatic N) is 1. The van der Waals surface area contributed by atoms with Crippen LogP contribution in [0.1, 0.15) is 11.1 Å². The molecular formula is C17H15N3OS. The molecule has 0 radical (unpaired) electrons. The number of aliphatic imine (C=N–C) groups is 1. The highest BCUT2D eigenvalue weighted by Crippen LogP contribution is 2.49. The van der Waals surface area contributed by atoms with Gasteiger partial charge in [-0.25, -0.2) is 0 Å². The van der Waals surface area contributed by atoms with Gasteiger partial charge in [-0.2, -0.15) is 0 Å². The van der Waals surface area contributed by atoms with Gasteiger partial charge in [-0.3, -0.25) is 9.79 Å². The van der Waals surface area contributed by atoms with Gasteiger partial charge in [0.15, 0.2) is 5.17 Å². The lowest BCUT2D eigenvalue weighted by molar-refractivity contribution is -0.117. The third-order valence-corrected chi connectivity index (χ3v) is 5.30. The lowest BCUT2D eigenvalue weighted by Gasteiger charge is -2.19. The molecule has 1 amide bonds. The Bertz CT molecular complexity index is 785. The van der Waals surface area contributed by atoms with E-state index in [0.717, 1.165) is 22.1 Å². The van der Waals surface area contributed by atoms with Crippen LogP contribution in [0.5, 0.6) is 0 Å². The Morgan fingerprint density at radius 3 is 2.77 bits per heavy atom. The number of benzene rings is 2. The molecule has 2 aliphatic heterocycles. The molecule has 2 N–H and O–H groups in total. The normalized spacial score (nSPS) is 22.4. The standard InChI is InChI=1S/C17H15N3OS/c1-11-6-8-12(9-7-11)19-16-18-10-17(22-16)13-4-2-3-5-14(13)20-15(17)21/h2-9H,10H2,1H3,(H,18,19)(H,20,21)/t17-/m1/s1. The predicted octanol–water partition coefficient (Wildman–Crippen LogP) is 3.36. The van der Waals surface area contributed by atoms with Crippen LogP contribution < -0.4 is 10.6 Å². The third-order valence-electron chi connectivity index (χ3n) is 4.00. The molecule has 1 atom stereocenters. The van der Waals surface area contributed by atoms with Crippen LogP contribution in [-0.2, 0) is 9.54 Å². The van der Waals surface area contributed by atoms with Crippen molar-refractivity contribution in [2.45, 2.75) is 11.7 Å². The molecule has 5 heteroatoms. The van der Waals surface area contributed by atoms with E-state index in [4.69, 9.17) is 0 Å². The van der Waals surface area contributed by atoms with E-state index in [1.807, 2.05) is 36.4 Å². The number of aryl methyl sites for hydroxylation is 1. The number of nitrogens with one attached hydrogen (secondary N) is 2. The van der Waals surface area contributed by atoms with Crippen molar-refractivity contribution in [1.29, 1.82) is 0 Å². The number of amidine groups is 1. The molecule has 0 bridgehead atoms. The van der Waals surface area contributed by atoms with Crippen LogP contribution in [0.25, 0.3) is 0 Å². The molecular weight excluding hydrogens is 294 g/mol. The number of anilines is 2. The lowest BCUT2D eigenvalue weighted by Crippen LogP contribution is -2.32. The number of hydrogen-bond donors (Lipinski definition) is 2. The van der Waals surface area contributed by atoms with Crippen molar-refractivity contribution >= 4 is 34.2 Å². The second kappa shape index (κ2) is 4.88. The summed E-state index contributed by atoms with van der Waals surface area (Å²) in [6.45, 7) is 2.52. The van der Waals surface area contributed by atoms with Gasteiger partial charge in [0, 0.05) is 16.9 Å². The Labute approximate surface area is 133 Å². The number of rotatable bonds is 1. The van der Waals surface area contributed by atoms with E-state index in [0.29, 0.717) is 6.54 Å². The molecule has 0 unspecified atom stereocenters. The maximum Gasteiger partial charge on any atom is 0.247 e. The zero-order valence-corrected chi connectivity index (χ0v) is 12.9. The van der Waals surface area contributed by atoms with Gasteiger partial charge in [-0.1, -0.05) is 47.7 Å². The molecule has 4 nitrogen and oxygen atoms in total. The van der Waals surface area contributed by atoms with Crippen molar-refractivity contribution in [3.05, 3.63) is 59.7 Å². The number of carbonyl (C=O) groups is 1. The number of thioether (sulfide) groups is 1. The molecule has 0 aromatic heterocycles. The molecule has 4 rings (SSSR count). The maximum absolute atomic E-state index is 12.5. The molecule has 110 valence electrons. The molecule has 2 aliphatic rings. The zero-order chi connectivity index (χ0) is 15.2. The van der Waals surface area contributed by atoms with Crippen molar-refractivity contribution in [2.24, 2.45) is 4.99 Å². The van der Waals surface area contributed by atoms with Gasteiger partial charge in [-0.15, -0.1) is 0 Å². The van der Waals surface area contributed by atoms with E-state index >= 15 is 0 Å². The fraction of sp³-hybridized carbons (Fsp3) is 0.176. The molecule has 2 aromatic carbocycles. The number of para-hydroxylation sites is 1. The fourth-order valence-corrected chi connectivity index (χ4v) is 3.98. The molecule has 0 saturated carbocycles. The second-order valence-corrected chi connectivity index (χ2v) is 6.83. The van der Waals surface area contributed by atoms with Crippen LogP contribution in [0.3, 0.4) is 0 Å². The first kappa shape index (κ1) is 13.4. The quantitative estimate of drug-likeness (QED) is 0.849. The van der Waals surface area contributed by atoms with E-state index in [2.05, 4.69) is 34.7 Å². The van der Waals surface area contributed by atoms with E-state index in [1.165, 1.54) is 17.3 Å². The van der Waals surface area contributed by atoms with Crippen molar-refractivity contribution in [2.75, 3.05) is 17.2 Å². The van der Waals surface area contributed by atoms with Crippen LogP contribution in [0.15, 0.2) is 53.5 Å². The van der Waals surface area contributed by atoms with Crippen LogP contribution in [0, 0.1) is 6.92 Å². The molecule has 0 saturated heterocycles. The van der Waals surface area contributed by atoms with Crippen LogP contribution >= 0.6 is 11.8 Å². The largest absolute Gasteiger partial charge is 0.335 e. The molecule has 0 aliphatic carbocycles. The minimum atomic E-state index is -0.621. The Kier molecular flexibility index (Phi) is 2.97. The lowest BCUT2D eigenvalue weighted by atomic mass is 10.00. The number of hydrogen-bond acceptors (Lipinski definition) is 4. The highest BCUT2D eigenvalue weighted by atomic mass is 32.2. The summed E-state index contributed by atoms with van der Waals surface area (Å²) in [7, 11) is 0. The van der Waals surface area contributed by atoms with Gasteiger partial charge >= 0.3 is 0 Å².